The lowest BCUT2D eigenvalue weighted by Crippen LogP contribution is -2.42. The van der Waals surface area contributed by atoms with Gasteiger partial charge in [-0.05, 0) is 56.9 Å². The first-order valence-electron chi connectivity index (χ1n) is 6.95. The molecule has 1 saturated carbocycles. The van der Waals surface area contributed by atoms with Crippen LogP contribution in [0.2, 0.25) is 0 Å². The van der Waals surface area contributed by atoms with Crippen LogP contribution in [0.5, 0.6) is 0 Å². The molecular formula is C15H21N3S. The Morgan fingerprint density at radius 2 is 2.32 bits per heavy atom. The highest BCUT2D eigenvalue weighted by atomic mass is 32.2. The zero-order valence-corrected chi connectivity index (χ0v) is 12.2. The third-order valence-electron chi connectivity index (χ3n) is 3.31. The van der Waals surface area contributed by atoms with Crippen LogP contribution in [0.15, 0.2) is 29.4 Å². The van der Waals surface area contributed by atoms with Crippen molar-refractivity contribution in [1.29, 1.82) is 5.26 Å². The summed E-state index contributed by atoms with van der Waals surface area (Å²) in [6, 6.07) is 9.01. The van der Waals surface area contributed by atoms with Crippen molar-refractivity contribution in [2.24, 2.45) is 0 Å². The first-order chi connectivity index (χ1) is 9.22. The van der Waals surface area contributed by atoms with E-state index in [1.165, 1.54) is 12.8 Å². The van der Waals surface area contributed by atoms with Crippen LogP contribution < -0.4 is 5.32 Å². The molecule has 0 saturated heterocycles. The summed E-state index contributed by atoms with van der Waals surface area (Å²) < 4.78 is 0. The number of nitriles is 1. The molecule has 4 heteroatoms. The molecule has 1 unspecified atom stereocenters. The highest BCUT2D eigenvalue weighted by Crippen LogP contribution is 2.25. The van der Waals surface area contributed by atoms with Crippen molar-refractivity contribution in [3.8, 4) is 6.07 Å². The monoisotopic (exact) mass is 275 g/mol. The zero-order chi connectivity index (χ0) is 13.6. The van der Waals surface area contributed by atoms with E-state index >= 15 is 0 Å². The Kier molecular flexibility index (Phi) is 5.24. The van der Waals surface area contributed by atoms with E-state index in [-0.39, 0.29) is 5.54 Å². The highest BCUT2D eigenvalue weighted by molar-refractivity contribution is 7.99. The van der Waals surface area contributed by atoms with Crippen molar-refractivity contribution < 1.29 is 0 Å². The van der Waals surface area contributed by atoms with Gasteiger partial charge in [0, 0.05) is 12.2 Å². The lowest BCUT2D eigenvalue weighted by molar-refractivity contribution is 0.402. The van der Waals surface area contributed by atoms with Gasteiger partial charge in [-0.2, -0.15) is 5.26 Å². The number of hydrogen-bond acceptors (Lipinski definition) is 4. The van der Waals surface area contributed by atoms with Crippen LogP contribution in [0.25, 0.3) is 0 Å². The van der Waals surface area contributed by atoms with E-state index in [0.717, 1.165) is 30.0 Å². The van der Waals surface area contributed by atoms with E-state index in [1.54, 1.807) is 11.8 Å². The number of nitrogens with zero attached hydrogens (tertiary/aromatic N) is 2. The average Bonchev–Trinajstić information content (AvgIpc) is 3.23. The van der Waals surface area contributed by atoms with E-state index in [9.17, 15) is 5.26 Å². The molecule has 1 aromatic rings. The van der Waals surface area contributed by atoms with Gasteiger partial charge in [0.2, 0.25) is 0 Å². The Morgan fingerprint density at radius 3 is 2.95 bits per heavy atom. The molecule has 0 aromatic carbocycles. The zero-order valence-electron chi connectivity index (χ0n) is 11.4. The van der Waals surface area contributed by atoms with Crippen molar-refractivity contribution in [3.05, 3.63) is 24.4 Å². The van der Waals surface area contributed by atoms with Crippen LogP contribution >= 0.6 is 11.8 Å². The molecule has 0 bridgehead atoms. The first kappa shape index (κ1) is 14.4. The van der Waals surface area contributed by atoms with Gasteiger partial charge in [-0.15, -0.1) is 11.8 Å². The first-order valence-corrected chi connectivity index (χ1v) is 7.93. The number of aromatic nitrogens is 1. The van der Waals surface area contributed by atoms with Gasteiger partial charge in [0.25, 0.3) is 0 Å². The number of hydrogen-bond donors (Lipinski definition) is 1. The topological polar surface area (TPSA) is 48.7 Å². The fourth-order valence-corrected chi connectivity index (χ4v) is 2.90. The summed E-state index contributed by atoms with van der Waals surface area (Å²) in [6.45, 7) is 2.03. The van der Waals surface area contributed by atoms with Crippen LogP contribution in [-0.2, 0) is 0 Å². The Morgan fingerprint density at radius 1 is 1.47 bits per heavy atom. The van der Waals surface area contributed by atoms with Gasteiger partial charge in [-0.1, -0.05) is 6.07 Å². The number of pyridine rings is 1. The molecule has 0 amide bonds. The fraction of sp³-hybridized carbons (Fsp3) is 0.600. The Bertz CT molecular complexity index is 425. The fourth-order valence-electron chi connectivity index (χ4n) is 2.03. The lowest BCUT2D eigenvalue weighted by atomic mass is 9.96. The maximum absolute atomic E-state index is 9.27. The van der Waals surface area contributed by atoms with Gasteiger partial charge in [0.1, 0.15) is 5.54 Å². The van der Waals surface area contributed by atoms with E-state index < -0.39 is 0 Å². The molecule has 1 atom stereocenters. The van der Waals surface area contributed by atoms with Gasteiger partial charge in [-0.25, -0.2) is 4.98 Å². The van der Waals surface area contributed by atoms with Gasteiger partial charge in [0.05, 0.1) is 11.1 Å². The molecular weight excluding hydrogens is 254 g/mol. The molecule has 0 radical (unpaired) electrons. The van der Waals surface area contributed by atoms with Crippen LogP contribution in [0.3, 0.4) is 0 Å². The molecule has 1 heterocycles. The third-order valence-corrected chi connectivity index (χ3v) is 4.34. The molecule has 19 heavy (non-hydrogen) atoms. The minimum atomic E-state index is -0.336. The van der Waals surface area contributed by atoms with Crippen LogP contribution in [0, 0.1) is 11.3 Å². The summed E-state index contributed by atoms with van der Waals surface area (Å²) in [5, 5.41) is 13.8. The average molecular weight is 275 g/mol. The second-order valence-electron chi connectivity index (χ2n) is 5.34. The summed E-state index contributed by atoms with van der Waals surface area (Å²) >= 11 is 1.79. The normalized spacial score (nSPS) is 17.7. The maximum Gasteiger partial charge on any atom is 0.104 e. The van der Waals surface area contributed by atoms with Gasteiger partial charge < -0.3 is 0 Å². The second kappa shape index (κ2) is 6.93. The van der Waals surface area contributed by atoms with Crippen LogP contribution in [-0.4, -0.2) is 22.3 Å². The Balaban J connectivity index is 1.61. The van der Waals surface area contributed by atoms with E-state index in [1.807, 2.05) is 31.3 Å². The molecule has 102 valence electrons. The minimum Gasteiger partial charge on any atom is -0.297 e. The van der Waals surface area contributed by atoms with Crippen molar-refractivity contribution in [1.82, 2.24) is 10.3 Å². The minimum absolute atomic E-state index is 0.336. The third kappa shape index (κ3) is 5.22. The van der Waals surface area contributed by atoms with E-state index in [2.05, 4.69) is 16.4 Å². The van der Waals surface area contributed by atoms with Gasteiger partial charge in [-0.3, -0.25) is 5.32 Å². The van der Waals surface area contributed by atoms with Crippen LogP contribution in [0.1, 0.15) is 39.0 Å². The predicted octanol–water partition coefficient (Wildman–Crippen LogP) is 3.38. The van der Waals surface area contributed by atoms with Crippen molar-refractivity contribution in [3.63, 3.8) is 0 Å². The Labute approximate surface area is 119 Å². The van der Waals surface area contributed by atoms with Crippen LogP contribution in [0.4, 0.5) is 0 Å². The maximum atomic E-state index is 9.27. The quantitative estimate of drug-likeness (QED) is 0.583. The summed E-state index contributed by atoms with van der Waals surface area (Å²) in [6.07, 6.45) is 7.44. The number of rotatable bonds is 8. The van der Waals surface area contributed by atoms with Gasteiger partial charge >= 0.3 is 0 Å². The summed E-state index contributed by atoms with van der Waals surface area (Å²) in [5.74, 6) is 1.07. The summed E-state index contributed by atoms with van der Waals surface area (Å²) in [4.78, 5) is 4.29. The molecule has 1 aliphatic carbocycles. The lowest BCUT2D eigenvalue weighted by Gasteiger charge is -2.23. The molecule has 0 spiro atoms. The standard InChI is InChI=1S/C15H21N3S/c1-15(12-16,18-13-7-8-13)9-3-5-11-19-14-6-2-4-10-17-14/h2,4,6,10,13,18H,3,5,7-9,11H2,1H3. The molecule has 1 aromatic heterocycles. The van der Waals surface area contributed by atoms with Crippen molar-refractivity contribution in [2.45, 2.75) is 55.6 Å². The van der Waals surface area contributed by atoms with Crippen molar-refractivity contribution >= 4 is 11.8 Å². The second-order valence-corrected chi connectivity index (χ2v) is 6.45. The molecule has 2 rings (SSSR count). The number of nitrogens with one attached hydrogen (secondary N) is 1. The van der Waals surface area contributed by atoms with Crippen molar-refractivity contribution in [2.75, 3.05) is 5.75 Å². The molecule has 0 aliphatic heterocycles. The SMILES string of the molecule is CC(C#N)(CCCCSc1ccccn1)NC1CC1. The largest absolute Gasteiger partial charge is 0.297 e. The summed E-state index contributed by atoms with van der Waals surface area (Å²) in [5.41, 5.74) is -0.336. The molecule has 1 aliphatic rings. The molecule has 1 N–H and O–H groups in total. The number of unbranched alkanes of at least 4 members (excludes halogenated alkanes) is 1. The number of thioether (sulfide) groups is 1. The smallest absolute Gasteiger partial charge is 0.104 e. The van der Waals surface area contributed by atoms with Gasteiger partial charge in [0.15, 0.2) is 0 Å². The highest BCUT2D eigenvalue weighted by Gasteiger charge is 2.31. The van der Waals surface area contributed by atoms with E-state index in [4.69, 9.17) is 0 Å². The Hall–Kier alpha value is -1.05. The van der Waals surface area contributed by atoms with E-state index in [0.29, 0.717) is 6.04 Å². The predicted molar refractivity (Wildman–Crippen MR) is 79.0 cm³/mol. The summed E-state index contributed by atoms with van der Waals surface area (Å²) in [7, 11) is 0. The molecule has 3 nitrogen and oxygen atoms in total. The molecule has 1 fully saturated rings.